The number of carboxylic acids is 1. The highest BCUT2D eigenvalue weighted by Crippen LogP contribution is 2.22. The fraction of sp³-hybridized carbons (Fsp3) is 0.125. The second kappa shape index (κ2) is 11.0. The molecule has 0 saturated carbocycles. The molecule has 0 spiro atoms. The third kappa shape index (κ3) is 7.25. The molecule has 0 saturated heterocycles. The Kier molecular flexibility index (Phi) is 8.41. The van der Waals surface area contributed by atoms with E-state index in [-0.39, 0.29) is 40.2 Å². The zero-order valence-electron chi connectivity index (χ0n) is 15.9. The first-order valence-electron chi connectivity index (χ1n) is 8.35. The van der Waals surface area contributed by atoms with E-state index in [1.165, 1.54) is 24.7 Å². The van der Waals surface area contributed by atoms with Gasteiger partial charge >= 0.3 is 12.1 Å². The van der Waals surface area contributed by atoms with Crippen molar-refractivity contribution in [1.82, 2.24) is 31.1 Å². The van der Waals surface area contributed by atoms with E-state index in [2.05, 4.69) is 35.2 Å². The van der Waals surface area contributed by atoms with Gasteiger partial charge in [0.1, 0.15) is 17.2 Å². The first kappa shape index (κ1) is 25.2. The van der Waals surface area contributed by atoms with Crippen molar-refractivity contribution in [2.45, 2.75) is 12.7 Å². The third-order valence-electron chi connectivity index (χ3n) is 3.43. The standard InChI is InChI=1S/C14H11ClFN7O3.C2HF3O2/c15-8-3-7(1-2-9(8)16)20-13(21-25)12-10(22-26-23-12)5-18-14(24)11-4-17-6-19-11;3-2(4,5)1(6)7/h1-4,6,25H,5H2,(H,17,19)(H,18,24)(H,20,21);(H,6,7). The van der Waals surface area contributed by atoms with Gasteiger partial charge in [-0.2, -0.15) is 13.2 Å². The van der Waals surface area contributed by atoms with Gasteiger partial charge in [-0.3, -0.25) is 15.5 Å². The predicted octanol–water partition coefficient (Wildman–Crippen LogP) is 2.21. The molecule has 0 bridgehead atoms. The highest BCUT2D eigenvalue weighted by Gasteiger charge is 2.38. The van der Waals surface area contributed by atoms with Crippen LogP contribution < -0.4 is 10.8 Å². The molecule has 33 heavy (non-hydrogen) atoms. The summed E-state index contributed by atoms with van der Waals surface area (Å²) in [5, 5.41) is 26.2. The van der Waals surface area contributed by atoms with Crippen molar-refractivity contribution >= 4 is 35.0 Å². The molecule has 0 radical (unpaired) electrons. The Labute approximate surface area is 185 Å². The van der Waals surface area contributed by atoms with E-state index < -0.39 is 23.9 Å². The number of aromatic nitrogens is 4. The van der Waals surface area contributed by atoms with Crippen molar-refractivity contribution in [2.75, 3.05) is 0 Å². The summed E-state index contributed by atoms with van der Waals surface area (Å²) in [5.41, 5.74) is 2.63. The van der Waals surface area contributed by atoms with Gasteiger partial charge in [-0.1, -0.05) is 16.8 Å². The molecule has 2 heterocycles. The van der Waals surface area contributed by atoms with Gasteiger partial charge in [0.25, 0.3) is 5.91 Å². The van der Waals surface area contributed by atoms with E-state index in [1.807, 2.05) is 5.48 Å². The number of alkyl halides is 3. The maximum absolute atomic E-state index is 13.2. The Balaban J connectivity index is 0.000000479. The summed E-state index contributed by atoms with van der Waals surface area (Å²) in [5.74, 6) is -3.90. The summed E-state index contributed by atoms with van der Waals surface area (Å²) in [6.07, 6.45) is -2.36. The fourth-order valence-electron chi connectivity index (χ4n) is 1.96. The molecule has 0 aliphatic rings. The maximum atomic E-state index is 13.2. The Bertz CT molecular complexity index is 1130. The molecule has 2 aromatic heterocycles. The number of hydrogen-bond acceptors (Lipinski definition) is 8. The maximum Gasteiger partial charge on any atom is 0.490 e. The van der Waals surface area contributed by atoms with Crippen LogP contribution in [0.5, 0.6) is 0 Å². The van der Waals surface area contributed by atoms with Crippen LogP contribution >= 0.6 is 11.6 Å². The molecular weight excluding hydrogens is 482 g/mol. The summed E-state index contributed by atoms with van der Waals surface area (Å²) in [7, 11) is 0. The number of aliphatic imine (C=N–C) groups is 1. The first-order chi connectivity index (χ1) is 15.5. The third-order valence-corrected chi connectivity index (χ3v) is 3.72. The van der Waals surface area contributed by atoms with Crippen LogP contribution in [0.25, 0.3) is 0 Å². The topological polar surface area (TPSA) is 179 Å². The highest BCUT2D eigenvalue weighted by molar-refractivity contribution is 6.31. The van der Waals surface area contributed by atoms with Crippen molar-refractivity contribution in [3.8, 4) is 0 Å². The van der Waals surface area contributed by atoms with Gasteiger partial charge in [-0.15, -0.1) is 0 Å². The molecule has 0 aliphatic heterocycles. The monoisotopic (exact) mass is 493 g/mol. The van der Waals surface area contributed by atoms with E-state index in [0.717, 1.165) is 6.07 Å². The minimum Gasteiger partial charge on any atom is -0.475 e. The van der Waals surface area contributed by atoms with E-state index in [1.54, 1.807) is 0 Å². The van der Waals surface area contributed by atoms with Crippen LogP contribution in [0.4, 0.5) is 23.2 Å². The number of hydrogen-bond donors (Lipinski definition) is 5. The number of imidazole rings is 1. The van der Waals surface area contributed by atoms with Crippen LogP contribution in [0, 0.1) is 5.82 Å². The van der Waals surface area contributed by atoms with E-state index in [9.17, 15) is 27.6 Å². The van der Waals surface area contributed by atoms with Crippen LogP contribution in [-0.2, 0) is 11.3 Å². The minimum absolute atomic E-state index is 0.0536. The Morgan fingerprint density at radius 3 is 2.52 bits per heavy atom. The van der Waals surface area contributed by atoms with E-state index in [4.69, 9.17) is 21.5 Å². The van der Waals surface area contributed by atoms with Gasteiger partial charge in [0.05, 0.1) is 29.8 Å². The number of rotatable bonds is 5. The Hall–Kier alpha value is -4.05. The largest absolute Gasteiger partial charge is 0.490 e. The predicted molar refractivity (Wildman–Crippen MR) is 100 cm³/mol. The smallest absolute Gasteiger partial charge is 0.475 e. The van der Waals surface area contributed by atoms with Crippen LogP contribution in [0.3, 0.4) is 0 Å². The number of nitrogens with one attached hydrogen (secondary N) is 3. The molecule has 0 atom stereocenters. The number of aliphatic carboxylic acids is 1. The number of amides is 1. The molecule has 0 fully saturated rings. The Morgan fingerprint density at radius 2 is 1.97 bits per heavy atom. The quantitative estimate of drug-likeness (QED) is 0.154. The van der Waals surface area contributed by atoms with Crippen molar-refractivity contribution in [1.29, 1.82) is 0 Å². The number of amidine groups is 1. The molecule has 0 aliphatic carbocycles. The average Bonchev–Trinajstić information content (AvgIpc) is 3.45. The first-order valence-corrected chi connectivity index (χ1v) is 8.73. The van der Waals surface area contributed by atoms with Crippen molar-refractivity contribution < 1.29 is 42.1 Å². The molecule has 17 heteroatoms. The van der Waals surface area contributed by atoms with Gasteiger partial charge in [0, 0.05) is 0 Å². The zero-order chi connectivity index (χ0) is 24.6. The number of carbonyl (C=O) groups is 2. The molecule has 1 amide bonds. The van der Waals surface area contributed by atoms with Gasteiger partial charge in [-0.05, 0) is 23.4 Å². The highest BCUT2D eigenvalue weighted by atomic mass is 35.5. The number of carboxylic acid groups (broad SMARTS) is 1. The van der Waals surface area contributed by atoms with Crippen molar-refractivity contribution in [3.05, 3.63) is 58.6 Å². The van der Waals surface area contributed by atoms with Gasteiger partial charge in [0.2, 0.25) is 0 Å². The van der Waals surface area contributed by atoms with E-state index >= 15 is 0 Å². The van der Waals surface area contributed by atoms with Crippen molar-refractivity contribution in [3.63, 3.8) is 0 Å². The molecule has 3 rings (SSSR count). The number of hydroxylamine groups is 1. The lowest BCUT2D eigenvalue weighted by molar-refractivity contribution is -0.192. The molecule has 1 aromatic carbocycles. The molecule has 176 valence electrons. The minimum atomic E-state index is -5.08. The number of halogens is 5. The number of nitrogens with zero attached hydrogens (tertiary/aromatic N) is 4. The summed E-state index contributed by atoms with van der Waals surface area (Å²) in [4.78, 5) is 31.3. The second-order valence-electron chi connectivity index (χ2n) is 5.68. The fourth-order valence-corrected chi connectivity index (χ4v) is 2.13. The number of aromatic amines is 1. The average molecular weight is 494 g/mol. The molecular formula is C16H12ClF4N7O5. The summed E-state index contributed by atoms with van der Waals surface area (Å²) in [6.45, 7) is -0.0540. The lowest BCUT2D eigenvalue weighted by Gasteiger charge is -2.05. The second-order valence-corrected chi connectivity index (χ2v) is 6.09. The molecule has 12 nitrogen and oxygen atoms in total. The number of carbonyl (C=O) groups excluding carboxylic acids is 1. The molecule has 0 unspecified atom stereocenters. The van der Waals surface area contributed by atoms with Crippen LogP contribution in [0.1, 0.15) is 21.9 Å². The molecule has 3 aromatic rings. The number of H-pyrrole nitrogens is 1. The van der Waals surface area contributed by atoms with Crippen LogP contribution in [0.2, 0.25) is 5.02 Å². The lowest BCUT2D eigenvalue weighted by atomic mass is 10.2. The number of benzene rings is 1. The summed E-state index contributed by atoms with van der Waals surface area (Å²) >= 11 is 5.70. The lowest BCUT2D eigenvalue weighted by Crippen LogP contribution is -2.27. The Morgan fingerprint density at radius 1 is 1.27 bits per heavy atom. The van der Waals surface area contributed by atoms with Gasteiger partial charge < -0.3 is 15.4 Å². The van der Waals surface area contributed by atoms with Gasteiger partial charge in [0.15, 0.2) is 11.5 Å². The van der Waals surface area contributed by atoms with Crippen molar-refractivity contribution in [2.24, 2.45) is 4.99 Å². The van der Waals surface area contributed by atoms with Gasteiger partial charge in [-0.25, -0.2) is 23.8 Å². The summed E-state index contributed by atoms with van der Waals surface area (Å²) < 4.78 is 49.6. The van der Waals surface area contributed by atoms with Crippen LogP contribution in [0.15, 0.2) is 40.3 Å². The SMILES string of the molecule is O=C(NCc1nonc1C(=Nc1ccc(F)c(Cl)c1)NO)c1cnc[nH]1.O=C(O)C(F)(F)F. The summed E-state index contributed by atoms with van der Waals surface area (Å²) in [6, 6.07) is 3.75. The molecule has 5 N–H and O–H groups in total. The zero-order valence-corrected chi connectivity index (χ0v) is 16.6. The normalized spacial score (nSPS) is 11.4. The van der Waals surface area contributed by atoms with Crippen LogP contribution in [-0.4, -0.2) is 54.5 Å². The van der Waals surface area contributed by atoms with E-state index in [0.29, 0.717) is 0 Å².